The molecule has 6 heteroatoms. The first-order valence-electron chi connectivity index (χ1n) is 5.62. The molecule has 0 aliphatic heterocycles. The minimum Gasteiger partial charge on any atom is -0.481 e. The largest absolute Gasteiger partial charge is 0.481 e. The lowest BCUT2D eigenvalue weighted by molar-refractivity contribution is -0.137. The summed E-state index contributed by atoms with van der Waals surface area (Å²) in [6.45, 7) is 0. The molecule has 2 heterocycles. The maximum atomic E-state index is 12.0. The van der Waals surface area contributed by atoms with Gasteiger partial charge in [0, 0.05) is 19.7 Å². The lowest BCUT2D eigenvalue weighted by atomic mass is 10.2. The molecular formula is C12H13N3O3. The van der Waals surface area contributed by atoms with Gasteiger partial charge in [-0.25, -0.2) is 9.97 Å². The minimum absolute atomic E-state index is 0.0376. The lowest BCUT2D eigenvalue weighted by Crippen LogP contribution is -2.24. The summed E-state index contributed by atoms with van der Waals surface area (Å²) in [6, 6.07) is 3.53. The molecule has 94 valence electrons. The van der Waals surface area contributed by atoms with Crippen molar-refractivity contribution in [2.75, 3.05) is 0 Å². The zero-order valence-electron chi connectivity index (χ0n) is 9.96. The van der Waals surface area contributed by atoms with Crippen molar-refractivity contribution in [2.24, 2.45) is 7.05 Å². The van der Waals surface area contributed by atoms with Gasteiger partial charge in [-0.05, 0) is 25.0 Å². The molecule has 0 amide bonds. The summed E-state index contributed by atoms with van der Waals surface area (Å²) in [4.78, 5) is 30.8. The number of hydrogen-bond acceptors (Lipinski definition) is 4. The molecule has 0 radical (unpaired) electrons. The smallest absolute Gasteiger partial charge is 0.303 e. The minimum atomic E-state index is -0.866. The summed E-state index contributed by atoms with van der Waals surface area (Å²) < 4.78 is 1.44. The van der Waals surface area contributed by atoms with Crippen LogP contribution in [0.4, 0.5) is 0 Å². The third kappa shape index (κ3) is 2.37. The molecule has 0 spiro atoms. The highest BCUT2D eigenvalue weighted by Gasteiger charge is 2.09. The Hall–Kier alpha value is -2.24. The van der Waals surface area contributed by atoms with Crippen LogP contribution in [-0.4, -0.2) is 25.6 Å². The molecule has 2 aromatic rings. The summed E-state index contributed by atoms with van der Waals surface area (Å²) in [5.74, 6) is -0.866. The van der Waals surface area contributed by atoms with Crippen molar-refractivity contribution in [1.82, 2.24) is 14.5 Å². The number of carboxylic acids is 1. The Bertz CT molecular complexity index is 649. The van der Waals surface area contributed by atoms with Crippen LogP contribution < -0.4 is 5.56 Å². The quantitative estimate of drug-likeness (QED) is 0.861. The van der Waals surface area contributed by atoms with Crippen LogP contribution >= 0.6 is 0 Å². The van der Waals surface area contributed by atoms with Crippen molar-refractivity contribution in [3.63, 3.8) is 0 Å². The SMILES string of the molecule is Cn1c(=O)c(CCCC(=O)O)nc2cccnc21. The molecule has 2 aromatic heterocycles. The molecule has 0 saturated heterocycles. The third-order valence-electron chi connectivity index (χ3n) is 2.69. The van der Waals surface area contributed by atoms with Gasteiger partial charge in [0.25, 0.3) is 5.56 Å². The number of carbonyl (C=O) groups is 1. The van der Waals surface area contributed by atoms with Gasteiger partial charge in [-0.1, -0.05) is 0 Å². The van der Waals surface area contributed by atoms with Crippen molar-refractivity contribution >= 4 is 17.1 Å². The number of rotatable bonds is 4. The van der Waals surface area contributed by atoms with Gasteiger partial charge in [-0.3, -0.25) is 14.2 Å². The van der Waals surface area contributed by atoms with Gasteiger partial charge in [0.1, 0.15) is 11.2 Å². The number of aromatic nitrogens is 3. The third-order valence-corrected chi connectivity index (χ3v) is 2.69. The number of hydrogen-bond donors (Lipinski definition) is 1. The van der Waals surface area contributed by atoms with Crippen molar-refractivity contribution in [3.8, 4) is 0 Å². The van der Waals surface area contributed by atoms with Crippen LogP contribution in [0.25, 0.3) is 11.2 Å². The van der Waals surface area contributed by atoms with Crippen molar-refractivity contribution in [1.29, 1.82) is 0 Å². The Morgan fingerprint density at radius 1 is 1.50 bits per heavy atom. The number of fused-ring (bicyclic) bond motifs is 1. The maximum Gasteiger partial charge on any atom is 0.303 e. The number of carboxylic acid groups (broad SMARTS) is 1. The molecule has 0 saturated carbocycles. The first kappa shape index (κ1) is 12.2. The van der Waals surface area contributed by atoms with E-state index in [0.29, 0.717) is 29.7 Å². The highest BCUT2D eigenvalue weighted by atomic mass is 16.4. The molecule has 0 aromatic carbocycles. The van der Waals surface area contributed by atoms with Crippen molar-refractivity contribution < 1.29 is 9.90 Å². The molecule has 0 bridgehead atoms. The molecule has 0 aliphatic rings. The monoisotopic (exact) mass is 247 g/mol. The van der Waals surface area contributed by atoms with Crippen molar-refractivity contribution in [2.45, 2.75) is 19.3 Å². The van der Waals surface area contributed by atoms with Crippen LogP contribution in [0, 0.1) is 0 Å². The zero-order valence-corrected chi connectivity index (χ0v) is 9.96. The van der Waals surface area contributed by atoms with E-state index in [1.807, 2.05) is 0 Å². The number of aryl methyl sites for hydroxylation is 2. The van der Waals surface area contributed by atoms with Crippen LogP contribution in [0.15, 0.2) is 23.1 Å². The summed E-state index contributed by atoms with van der Waals surface area (Å²) in [5.41, 5.74) is 1.35. The Balaban J connectivity index is 2.36. The average Bonchev–Trinajstić information content (AvgIpc) is 2.35. The fraction of sp³-hybridized carbons (Fsp3) is 0.333. The second kappa shape index (κ2) is 4.95. The van der Waals surface area contributed by atoms with Crippen LogP contribution in [0.1, 0.15) is 18.5 Å². The van der Waals surface area contributed by atoms with Gasteiger partial charge in [-0.2, -0.15) is 0 Å². The fourth-order valence-corrected chi connectivity index (χ4v) is 1.79. The first-order chi connectivity index (χ1) is 8.59. The van der Waals surface area contributed by atoms with E-state index in [1.54, 1.807) is 25.4 Å². The van der Waals surface area contributed by atoms with Crippen LogP contribution in [-0.2, 0) is 18.3 Å². The van der Waals surface area contributed by atoms with Gasteiger partial charge < -0.3 is 5.11 Å². The van der Waals surface area contributed by atoms with Gasteiger partial charge in [0.15, 0.2) is 5.65 Å². The molecule has 0 fully saturated rings. The Morgan fingerprint density at radius 2 is 2.28 bits per heavy atom. The van der Waals surface area contributed by atoms with Gasteiger partial charge in [0.2, 0.25) is 0 Å². The molecule has 0 atom stereocenters. The predicted molar refractivity (Wildman–Crippen MR) is 65.4 cm³/mol. The lowest BCUT2D eigenvalue weighted by Gasteiger charge is -2.06. The van der Waals surface area contributed by atoms with Gasteiger partial charge in [-0.15, -0.1) is 0 Å². The standard InChI is InChI=1S/C12H13N3O3/c1-15-11-8(5-3-7-13-11)14-9(12(15)18)4-2-6-10(16)17/h3,5,7H,2,4,6H2,1H3,(H,16,17). The molecule has 6 nitrogen and oxygen atoms in total. The van der Waals surface area contributed by atoms with E-state index in [0.717, 1.165) is 0 Å². The first-order valence-corrected chi connectivity index (χ1v) is 5.62. The van der Waals surface area contributed by atoms with E-state index >= 15 is 0 Å². The molecular weight excluding hydrogens is 234 g/mol. The number of pyridine rings is 1. The Kier molecular flexibility index (Phi) is 3.36. The maximum absolute atomic E-state index is 12.0. The molecule has 1 N–H and O–H groups in total. The Morgan fingerprint density at radius 3 is 3.00 bits per heavy atom. The van der Waals surface area contributed by atoms with E-state index in [1.165, 1.54) is 4.57 Å². The van der Waals surface area contributed by atoms with Crippen LogP contribution in [0.2, 0.25) is 0 Å². The fourth-order valence-electron chi connectivity index (χ4n) is 1.79. The summed E-state index contributed by atoms with van der Waals surface area (Å²) in [6.07, 6.45) is 2.41. The number of aliphatic carboxylic acids is 1. The van der Waals surface area contributed by atoms with Crippen molar-refractivity contribution in [3.05, 3.63) is 34.4 Å². The van der Waals surface area contributed by atoms with E-state index in [9.17, 15) is 9.59 Å². The van der Waals surface area contributed by atoms with E-state index in [-0.39, 0.29) is 12.0 Å². The van der Waals surface area contributed by atoms with Crippen LogP contribution in [0.3, 0.4) is 0 Å². The second-order valence-corrected chi connectivity index (χ2v) is 4.02. The Labute approximate surface area is 103 Å². The summed E-state index contributed by atoms with van der Waals surface area (Å²) in [5, 5.41) is 8.57. The summed E-state index contributed by atoms with van der Waals surface area (Å²) in [7, 11) is 1.64. The number of nitrogens with zero attached hydrogens (tertiary/aromatic N) is 3. The topological polar surface area (TPSA) is 85.1 Å². The van der Waals surface area contributed by atoms with Gasteiger partial charge >= 0.3 is 5.97 Å². The molecule has 2 rings (SSSR count). The van der Waals surface area contributed by atoms with E-state index in [2.05, 4.69) is 9.97 Å². The summed E-state index contributed by atoms with van der Waals surface area (Å²) >= 11 is 0. The van der Waals surface area contributed by atoms with Gasteiger partial charge in [0.05, 0.1) is 0 Å². The highest BCUT2D eigenvalue weighted by molar-refractivity contribution is 5.69. The molecule has 0 unspecified atom stereocenters. The normalized spacial score (nSPS) is 10.7. The van der Waals surface area contributed by atoms with E-state index in [4.69, 9.17) is 5.11 Å². The zero-order chi connectivity index (χ0) is 13.1. The van der Waals surface area contributed by atoms with Crippen LogP contribution in [0.5, 0.6) is 0 Å². The highest BCUT2D eigenvalue weighted by Crippen LogP contribution is 2.07. The average molecular weight is 247 g/mol. The predicted octanol–water partition coefficient (Wildman–Crippen LogP) is 0.736. The molecule has 18 heavy (non-hydrogen) atoms. The molecule has 0 aliphatic carbocycles. The second-order valence-electron chi connectivity index (χ2n) is 4.02. The van der Waals surface area contributed by atoms with E-state index < -0.39 is 5.97 Å².